The van der Waals surface area contributed by atoms with Gasteiger partial charge >= 0.3 is 0 Å². The fraction of sp³-hybridized carbons (Fsp3) is 0.312. The van der Waals surface area contributed by atoms with Gasteiger partial charge in [-0.05, 0) is 30.7 Å². The first-order valence-corrected chi connectivity index (χ1v) is 7.16. The highest BCUT2D eigenvalue weighted by molar-refractivity contribution is 6.30. The molecule has 0 atom stereocenters. The van der Waals surface area contributed by atoms with E-state index < -0.39 is 5.82 Å². The first-order valence-electron chi connectivity index (χ1n) is 6.78. The molecular weight excluding hydrogens is 291 g/mol. The van der Waals surface area contributed by atoms with Crippen LogP contribution in [0.4, 0.5) is 4.39 Å². The molecule has 0 fully saturated rings. The van der Waals surface area contributed by atoms with Crippen molar-refractivity contribution in [3.63, 3.8) is 0 Å². The van der Waals surface area contributed by atoms with Crippen LogP contribution in [0.25, 0.3) is 0 Å². The molecule has 0 unspecified atom stereocenters. The Morgan fingerprint density at radius 2 is 2.10 bits per heavy atom. The fourth-order valence-corrected chi connectivity index (χ4v) is 1.93. The van der Waals surface area contributed by atoms with Gasteiger partial charge in [-0.2, -0.15) is 0 Å². The summed E-state index contributed by atoms with van der Waals surface area (Å²) in [5.74, 6) is 0.0105. The standard InChI is InChI=1S/C16H18ClFN2O/c1-10(2)20-9-12-6-7-19-16(15(12)18)21-14-8-13(17)5-4-11(14)3/h4-8,10,20H,9H2,1-3H3. The van der Waals surface area contributed by atoms with Crippen molar-refractivity contribution < 1.29 is 9.13 Å². The van der Waals surface area contributed by atoms with Gasteiger partial charge < -0.3 is 10.1 Å². The highest BCUT2D eigenvalue weighted by atomic mass is 35.5. The van der Waals surface area contributed by atoms with Crippen LogP contribution in [0.5, 0.6) is 11.6 Å². The summed E-state index contributed by atoms with van der Waals surface area (Å²) >= 11 is 5.93. The molecule has 2 aromatic rings. The topological polar surface area (TPSA) is 34.1 Å². The number of nitrogens with one attached hydrogen (secondary N) is 1. The lowest BCUT2D eigenvalue weighted by Gasteiger charge is -2.12. The number of hydrogen-bond donors (Lipinski definition) is 1. The van der Waals surface area contributed by atoms with Crippen molar-refractivity contribution in [1.82, 2.24) is 10.3 Å². The highest BCUT2D eigenvalue weighted by Gasteiger charge is 2.13. The van der Waals surface area contributed by atoms with Crippen LogP contribution in [0.15, 0.2) is 30.5 Å². The Bertz CT molecular complexity index is 632. The third-order valence-electron chi connectivity index (χ3n) is 2.99. The molecule has 0 saturated carbocycles. The first-order chi connectivity index (χ1) is 9.97. The normalized spacial score (nSPS) is 11.0. The summed E-state index contributed by atoms with van der Waals surface area (Å²) in [5.41, 5.74) is 1.39. The molecule has 3 nitrogen and oxygen atoms in total. The van der Waals surface area contributed by atoms with Gasteiger partial charge in [0.05, 0.1) is 0 Å². The van der Waals surface area contributed by atoms with Crippen LogP contribution in [0.3, 0.4) is 0 Å². The Morgan fingerprint density at radius 3 is 2.81 bits per heavy atom. The van der Waals surface area contributed by atoms with Gasteiger partial charge in [0, 0.05) is 29.4 Å². The Labute approximate surface area is 129 Å². The molecule has 5 heteroatoms. The predicted molar refractivity (Wildman–Crippen MR) is 82.4 cm³/mol. The highest BCUT2D eigenvalue weighted by Crippen LogP contribution is 2.29. The second kappa shape index (κ2) is 6.87. The van der Waals surface area contributed by atoms with Gasteiger partial charge in [0.1, 0.15) is 5.75 Å². The third-order valence-corrected chi connectivity index (χ3v) is 3.23. The van der Waals surface area contributed by atoms with Gasteiger partial charge in [-0.25, -0.2) is 9.37 Å². The van der Waals surface area contributed by atoms with E-state index in [2.05, 4.69) is 10.3 Å². The number of aryl methyl sites for hydroxylation is 1. The molecule has 112 valence electrons. The summed E-state index contributed by atoms with van der Waals surface area (Å²) in [6.07, 6.45) is 1.54. The average molecular weight is 309 g/mol. The second-order valence-electron chi connectivity index (χ2n) is 5.14. The minimum absolute atomic E-state index is 0.0385. The van der Waals surface area contributed by atoms with Crippen LogP contribution in [-0.4, -0.2) is 11.0 Å². The average Bonchev–Trinajstić information content (AvgIpc) is 2.43. The van der Waals surface area contributed by atoms with Crippen molar-refractivity contribution in [2.45, 2.75) is 33.4 Å². The smallest absolute Gasteiger partial charge is 0.256 e. The number of benzene rings is 1. The molecule has 0 amide bonds. The molecule has 1 aromatic carbocycles. The molecule has 0 saturated heterocycles. The fourth-order valence-electron chi connectivity index (χ4n) is 1.77. The van der Waals surface area contributed by atoms with Crippen molar-refractivity contribution in [2.75, 3.05) is 0 Å². The number of hydrogen-bond acceptors (Lipinski definition) is 3. The Hall–Kier alpha value is -1.65. The van der Waals surface area contributed by atoms with E-state index in [1.165, 1.54) is 6.20 Å². The van der Waals surface area contributed by atoms with Crippen LogP contribution >= 0.6 is 11.6 Å². The largest absolute Gasteiger partial charge is 0.436 e. The molecular formula is C16H18ClFN2O. The van der Waals surface area contributed by atoms with Gasteiger partial charge in [-0.3, -0.25) is 0 Å². The van der Waals surface area contributed by atoms with Crippen LogP contribution in [-0.2, 0) is 6.54 Å². The van der Waals surface area contributed by atoms with Crippen molar-refractivity contribution in [3.05, 3.63) is 52.4 Å². The zero-order valence-corrected chi connectivity index (χ0v) is 13.0. The zero-order chi connectivity index (χ0) is 15.4. The Balaban J connectivity index is 2.24. The number of rotatable bonds is 5. The maximum absolute atomic E-state index is 14.4. The maximum atomic E-state index is 14.4. The van der Waals surface area contributed by atoms with Crippen molar-refractivity contribution >= 4 is 11.6 Å². The van der Waals surface area contributed by atoms with E-state index >= 15 is 0 Å². The summed E-state index contributed by atoms with van der Waals surface area (Å²) in [6.45, 7) is 6.31. The van der Waals surface area contributed by atoms with Crippen molar-refractivity contribution in [2.24, 2.45) is 0 Å². The van der Waals surface area contributed by atoms with Crippen molar-refractivity contribution in [1.29, 1.82) is 0 Å². The second-order valence-corrected chi connectivity index (χ2v) is 5.57. The van der Waals surface area contributed by atoms with E-state index in [-0.39, 0.29) is 11.9 Å². The van der Waals surface area contributed by atoms with Gasteiger partial charge in [0.25, 0.3) is 5.88 Å². The van der Waals surface area contributed by atoms with E-state index in [0.717, 1.165) is 5.56 Å². The maximum Gasteiger partial charge on any atom is 0.256 e. The third kappa shape index (κ3) is 4.16. The van der Waals surface area contributed by atoms with Crippen molar-refractivity contribution in [3.8, 4) is 11.6 Å². The van der Waals surface area contributed by atoms with Crippen LogP contribution in [0.1, 0.15) is 25.0 Å². The molecule has 0 aliphatic heterocycles. The number of pyridine rings is 1. The van der Waals surface area contributed by atoms with E-state index in [9.17, 15) is 4.39 Å². The summed E-state index contributed by atoms with van der Waals surface area (Å²) in [6, 6.07) is 7.15. The van der Waals surface area contributed by atoms with Gasteiger partial charge in [-0.1, -0.05) is 31.5 Å². The summed E-state index contributed by atoms with van der Waals surface area (Å²) in [5, 5.41) is 3.71. The lowest BCUT2D eigenvalue weighted by molar-refractivity contribution is 0.414. The molecule has 0 spiro atoms. The summed E-state index contributed by atoms with van der Waals surface area (Å²) < 4.78 is 20.0. The molecule has 1 aromatic heterocycles. The minimum atomic E-state index is -0.454. The van der Waals surface area contributed by atoms with E-state index in [1.807, 2.05) is 26.8 Å². The number of ether oxygens (including phenoxy) is 1. The zero-order valence-electron chi connectivity index (χ0n) is 12.3. The summed E-state index contributed by atoms with van der Waals surface area (Å²) in [4.78, 5) is 3.96. The lowest BCUT2D eigenvalue weighted by Crippen LogP contribution is -2.22. The molecule has 0 bridgehead atoms. The first kappa shape index (κ1) is 15.7. The molecule has 1 heterocycles. The van der Waals surface area contributed by atoms with Gasteiger partial charge in [0.2, 0.25) is 0 Å². The van der Waals surface area contributed by atoms with Gasteiger partial charge in [0.15, 0.2) is 5.82 Å². The predicted octanol–water partition coefficient (Wildman–Crippen LogP) is 4.47. The summed E-state index contributed by atoms with van der Waals surface area (Å²) in [7, 11) is 0. The number of nitrogens with zero attached hydrogens (tertiary/aromatic N) is 1. The number of aromatic nitrogens is 1. The van der Waals surface area contributed by atoms with E-state index in [1.54, 1.807) is 18.2 Å². The molecule has 21 heavy (non-hydrogen) atoms. The SMILES string of the molecule is Cc1ccc(Cl)cc1Oc1nccc(CNC(C)C)c1F. The van der Waals surface area contributed by atoms with E-state index in [4.69, 9.17) is 16.3 Å². The Kier molecular flexibility index (Phi) is 5.15. The van der Waals surface area contributed by atoms with Crippen LogP contribution in [0.2, 0.25) is 5.02 Å². The number of halogens is 2. The van der Waals surface area contributed by atoms with Crippen LogP contribution < -0.4 is 10.1 Å². The quantitative estimate of drug-likeness (QED) is 0.884. The molecule has 0 radical (unpaired) electrons. The lowest BCUT2D eigenvalue weighted by atomic mass is 10.2. The molecule has 0 aliphatic rings. The molecule has 1 N–H and O–H groups in total. The molecule has 2 rings (SSSR count). The minimum Gasteiger partial charge on any atom is -0.436 e. The van der Waals surface area contributed by atoms with Gasteiger partial charge in [-0.15, -0.1) is 0 Å². The molecule has 0 aliphatic carbocycles. The van der Waals surface area contributed by atoms with Crippen LogP contribution in [0, 0.1) is 12.7 Å². The van der Waals surface area contributed by atoms with E-state index in [0.29, 0.717) is 22.9 Å². The monoisotopic (exact) mass is 308 g/mol. The Morgan fingerprint density at radius 1 is 1.33 bits per heavy atom.